The van der Waals surface area contributed by atoms with Crippen LogP contribution in [0.5, 0.6) is 0 Å². The molecule has 1 atom stereocenters. The lowest BCUT2D eigenvalue weighted by Crippen LogP contribution is -2.39. The van der Waals surface area contributed by atoms with E-state index >= 15 is 0 Å². The van der Waals surface area contributed by atoms with Gasteiger partial charge in [-0.05, 0) is 44.4 Å². The monoisotopic (exact) mass is 258 g/mol. The minimum atomic E-state index is -0.339. The maximum atomic E-state index is 12.3. The fourth-order valence-corrected chi connectivity index (χ4v) is 2.39. The molecule has 1 N–H and O–H groups in total. The van der Waals surface area contributed by atoms with Crippen molar-refractivity contribution >= 4 is 17.5 Å². The van der Waals surface area contributed by atoms with Crippen LogP contribution in [0.15, 0.2) is 24.3 Å². The molecule has 0 aromatic heterocycles. The van der Waals surface area contributed by atoms with Crippen LogP contribution >= 0.6 is 0 Å². The van der Waals surface area contributed by atoms with E-state index in [4.69, 9.17) is 0 Å². The van der Waals surface area contributed by atoms with Gasteiger partial charge in [0, 0.05) is 0 Å². The molecule has 1 unspecified atom stereocenters. The first-order chi connectivity index (χ1) is 9.15. The van der Waals surface area contributed by atoms with Gasteiger partial charge in [-0.3, -0.25) is 9.59 Å². The van der Waals surface area contributed by atoms with E-state index in [0.717, 1.165) is 12.1 Å². The number of hydrogen-bond donors (Lipinski definition) is 1. The Bertz CT molecular complexity index is 505. The Balaban J connectivity index is 1.72. The van der Waals surface area contributed by atoms with Crippen LogP contribution in [0.4, 0.5) is 5.69 Å². The third-order valence-corrected chi connectivity index (χ3v) is 3.79. The topological polar surface area (TPSA) is 49.4 Å². The Hall–Kier alpha value is -1.68. The van der Waals surface area contributed by atoms with Crippen molar-refractivity contribution in [2.75, 3.05) is 11.4 Å². The van der Waals surface area contributed by atoms with Gasteiger partial charge in [-0.2, -0.15) is 0 Å². The smallest absolute Gasteiger partial charge is 0.251 e. The molecule has 0 radical (unpaired) electrons. The Kier molecular flexibility index (Phi) is 3.11. The molecule has 1 heterocycles. The molecular formula is C15H18N2O2. The van der Waals surface area contributed by atoms with Crippen LogP contribution in [0, 0.1) is 12.8 Å². The van der Waals surface area contributed by atoms with Gasteiger partial charge in [-0.1, -0.05) is 17.7 Å². The molecule has 1 aromatic carbocycles. The second-order valence-corrected chi connectivity index (χ2v) is 5.51. The minimum absolute atomic E-state index is 0.109. The number of nitrogens with zero attached hydrogens (tertiary/aromatic N) is 1. The number of anilines is 1. The molecule has 100 valence electrons. The first kappa shape index (κ1) is 12.4. The molecule has 3 rings (SSSR count). The zero-order valence-corrected chi connectivity index (χ0v) is 11.1. The number of carbonyl (C=O) groups is 2. The molecule has 1 aliphatic carbocycles. The van der Waals surface area contributed by atoms with E-state index in [1.807, 2.05) is 31.2 Å². The zero-order chi connectivity index (χ0) is 13.4. The molecule has 1 aliphatic heterocycles. The highest BCUT2D eigenvalue weighted by Crippen LogP contribution is 2.29. The van der Waals surface area contributed by atoms with Crippen LogP contribution in [-0.4, -0.2) is 24.4 Å². The quantitative estimate of drug-likeness (QED) is 0.835. The lowest BCUT2D eigenvalue weighted by Gasteiger charge is -2.15. The largest absolute Gasteiger partial charge is 0.305 e. The number of hydrogen-bond acceptors (Lipinski definition) is 3. The maximum absolute atomic E-state index is 12.3. The van der Waals surface area contributed by atoms with E-state index < -0.39 is 0 Å². The fourth-order valence-electron chi connectivity index (χ4n) is 2.39. The summed E-state index contributed by atoms with van der Waals surface area (Å²) in [6.45, 7) is 2.84. The van der Waals surface area contributed by atoms with E-state index in [0.29, 0.717) is 11.6 Å². The molecular weight excluding hydrogens is 240 g/mol. The Morgan fingerprint density at radius 3 is 2.53 bits per heavy atom. The average Bonchev–Trinajstić information content (AvgIpc) is 3.16. The Labute approximate surface area is 112 Å². The van der Waals surface area contributed by atoms with Crippen LogP contribution in [0.2, 0.25) is 0 Å². The van der Waals surface area contributed by atoms with Gasteiger partial charge < -0.3 is 5.32 Å². The normalized spacial score (nSPS) is 23.2. The lowest BCUT2D eigenvalue weighted by atomic mass is 10.2. The van der Waals surface area contributed by atoms with Crippen molar-refractivity contribution in [2.24, 2.45) is 5.92 Å². The van der Waals surface area contributed by atoms with Crippen molar-refractivity contribution in [3.8, 4) is 0 Å². The number of imide groups is 1. The van der Waals surface area contributed by atoms with Crippen LogP contribution in [0.25, 0.3) is 0 Å². The lowest BCUT2D eigenvalue weighted by molar-refractivity contribution is -0.121. The van der Waals surface area contributed by atoms with Gasteiger partial charge in [-0.25, -0.2) is 4.90 Å². The van der Waals surface area contributed by atoms with Gasteiger partial charge in [0.1, 0.15) is 0 Å². The van der Waals surface area contributed by atoms with Gasteiger partial charge in [0.2, 0.25) is 5.91 Å². The Morgan fingerprint density at radius 1 is 1.21 bits per heavy atom. The molecule has 2 aliphatic rings. The zero-order valence-electron chi connectivity index (χ0n) is 11.1. The van der Waals surface area contributed by atoms with Crippen molar-refractivity contribution in [1.29, 1.82) is 0 Å². The summed E-state index contributed by atoms with van der Waals surface area (Å²) in [5, 5.41) is 3.22. The van der Waals surface area contributed by atoms with Crippen molar-refractivity contribution in [3.05, 3.63) is 29.8 Å². The highest BCUT2D eigenvalue weighted by atomic mass is 16.2. The van der Waals surface area contributed by atoms with Crippen LogP contribution in [0.3, 0.4) is 0 Å². The minimum Gasteiger partial charge on any atom is -0.305 e. The van der Waals surface area contributed by atoms with Crippen molar-refractivity contribution < 1.29 is 9.59 Å². The molecule has 2 fully saturated rings. The summed E-state index contributed by atoms with van der Waals surface area (Å²) in [5.74, 6) is 0.480. The summed E-state index contributed by atoms with van der Waals surface area (Å²) in [5.41, 5.74) is 1.79. The summed E-state index contributed by atoms with van der Waals surface area (Å²) in [4.78, 5) is 25.6. The van der Waals surface area contributed by atoms with Gasteiger partial charge >= 0.3 is 0 Å². The maximum Gasteiger partial charge on any atom is 0.251 e. The molecule has 0 bridgehead atoms. The molecule has 1 aromatic rings. The van der Waals surface area contributed by atoms with Crippen LogP contribution < -0.4 is 10.2 Å². The summed E-state index contributed by atoms with van der Waals surface area (Å²) in [6.07, 6.45) is 2.76. The van der Waals surface area contributed by atoms with E-state index in [2.05, 4.69) is 5.32 Å². The number of nitrogens with one attached hydrogen (secondary N) is 1. The average molecular weight is 258 g/mol. The molecule has 19 heavy (non-hydrogen) atoms. The van der Waals surface area contributed by atoms with Crippen molar-refractivity contribution in [3.63, 3.8) is 0 Å². The number of rotatable bonds is 4. The van der Waals surface area contributed by atoms with E-state index in [-0.39, 0.29) is 24.3 Å². The highest BCUT2D eigenvalue weighted by Gasteiger charge is 2.39. The van der Waals surface area contributed by atoms with E-state index in [9.17, 15) is 9.59 Å². The molecule has 2 amide bonds. The molecule has 4 heteroatoms. The number of carbonyl (C=O) groups excluding carboxylic acids is 2. The third-order valence-electron chi connectivity index (χ3n) is 3.79. The first-order valence-corrected chi connectivity index (χ1v) is 6.82. The van der Waals surface area contributed by atoms with Crippen LogP contribution in [-0.2, 0) is 9.59 Å². The van der Waals surface area contributed by atoms with Gasteiger partial charge in [0.05, 0.1) is 18.2 Å². The third kappa shape index (κ3) is 2.54. The molecule has 1 saturated carbocycles. The number of aryl methyl sites for hydroxylation is 1. The summed E-state index contributed by atoms with van der Waals surface area (Å²) >= 11 is 0. The summed E-state index contributed by atoms with van der Waals surface area (Å²) in [7, 11) is 0. The van der Waals surface area contributed by atoms with E-state index in [1.165, 1.54) is 17.7 Å². The summed E-state index contributed by atoms with van der Waals surface area (Å²) < 4.78 is 0. The second-order valence-electron chi connectivity index (χ2n) is 5.51. The Morgan fingerprint density at radius 2 is 1.89 bits per heavy atom. The predicted molar refractivity (Wildman–Crippen MR) is 72.8 cm³/mol. The predicted octanol–water partition coefficient (Wildman–Crippen LogP) is 1.63. The SMILES string of the molecule is Cc1ccc(N2C(=O)CC(NCC3CC3)C2=O)cc1. The molecule has 0 spiro atoms. The second kappa shape index (κ2) is 4.78. The standard InChI is InChI=1S/C15H18N2O2/c1-10-2-6-12(7-3-10)17-14(18)8-13(15(17)19)16-9-11-4-5-11/h2-3,6-7,11,13,16H,4-5,8-9H2,1H3. The number of benzene rings is 1. The highest BCUT2D eigenvalue weighted by molar-refractivity contribution is 6.22. The molecule has 4 nitrogen and oxygen atoms in total. The van der Waals surface area contributed by atoms with Gasteiger partial charge in [0.15, 0.2) is 0 Å². The fraction of sp³-hybridized carbons (Fsp3) is 0.467. The van der Waals surface area contributed by atoms with Gasteiger partial charge in [-0.15, -0.1) is 0 Å². The van der Waals surface area contributed by atoms with Crippen molar-refractivity contribution in [1.82, 2.24) is 5.32 Å². The van der Waals surface area contributed by atoms with Crippen molar-refractivity contribution in [2.45, 2.75) is 32.2 Å². The number of amides is 2. The molecule has 1 saturated heterocycles. The van der Waals surface area contributed by atoms with Gasteiger partial charge in [0.25, 0.3) is 5.91 Å². The van der Waals surface area contributed by atoms with Crippen LogP contribution in [0.1, 0.15) is 24.8 Å². The van der Waals surface area contributed by atoms with E-state index in [1.54, 1.807) is 0 Å². The summed E-state index contributed by atoms with van der Waals surface area (Å²) in [6, 6.07) is 7.15. The first-order valence-electron chi connectivity index (χ1n) is 6.82.